The van der Waals surface area contributed by atoms with Crippen LogP contribution in [0.4, 0.5) is 4.39 Å². The fourth-order valence-corrected chi connectivity index (χ4v) is 2.81. The molecule has 0 radical (unpaired) electrons. The van der Waals surface area contributed by atoms with Gasteiger partial charge in [0.1, 0.15) is 17.7 Å². The Bertz CT molecular complexity index is 873. The van der Waals surface area contributed by atoms with Crippen molar-refractivity contribution in [3.8, 4) is 5.75 Å². The van der Waals surface area contributed by atoms with E-state index in [0.717, 1.165) is 5.56 Å². The minimum Gasteiger partial charge on any atom is -0.486 e. The van der Waals surface area contributed by atoms with Gasteiger partial charge in [-0.05, 0) is 61.5 Å². The zero-order chi connectivity index (χ0) is 17.8. The fourth-order valence-electron chi connectivity index (χ4n) is 2.53. The second-order valence-electron chi connectivity index (χ2n) is 5.64. The number of hydrogen-bond acceptors (Lipinski definition) is 2. The van der Waals surface area contributed by atoms with Crippen LogP contribution in [0.2, 0.25) is 5.02 Å². The monoisotopic (exact) mass is 354 g/mol. The van der Waals surface area contributed by atoms with E-state index >= 15 is 0 Å². The first-order chi connectivity index (χ1) is 12.0. The van der Waals surface area contributed by atoms with Gasteiger partial charge in [-0.1, -0.05) is 29.8 Å². The molecule has 0 unspecified atom stereocenters. The van der Waals surface area contributed by atoms with Crippen LogP contribution in [0.5, 0.6) is 5.75 Å². The van der Waals surface area contributed by atoms with Crippen LogP contribution in [0.15, 0.2) is 72.8 Å². The number of hydrogen-bond donors (Lipinski definition) is 0. The van der Waals surface area contributed by atoms with Crippen molar-refractivity contribution in [1.82, 2.24) is 0 Å². The summed E-state index contributed by atoms with van der Waals surface area (Å²) in [6, 6.07) is 19.9. The number of carbonyl (C=O) groups is 1. The van der Waals surface area contributed by atoms with Crippen molar-refractivity contribution < 1.29 is 13.9 Å². The summed E-state index contributed by atoms with van der Waals surface area (Å²) < 4.78 is 18.9. The average Bonchev–Trinajstić information content (AvgIpc) is 2.63. The molecule has 2 nitrogen and oxygen atoms in total. The van der Waals surface area contributed by atoms with Crippen LogP contribution in [0.1, 0.15) is 34.5 Å². The summed E-state index contributed by atoms with van der Waals surface area (Å²) >= 11 is 6.18. The first-order valence-electron chi connectivity index (χ1n) is 7.86. The van der Waals surface area contributed by atoms with E-state index in [1.807, 2.05) is 31.2 Å². The van der Waals surface area contributed by atoms with Crippen LogP contribution < -0.4 is 4.74 Å². The number of halogens is 2. The van der Waals surface area contributed by atoms with Gasteiger partial charge in [0.15, 0.2) is 5.78 Å². The largest absolute Gasteiger partial charge is 0.486 e. The lowest BCUT2D eigenvalue weighted by Crippen LogP contribution is -2.05. The molecule has 0 saturated carbocycles. The predicted molar refractivity (Wildman–Crippen MR) is 96.8 cm³/mol. The van der Waals surface area contributed by atoms with E-state index in [9.17, 15) is 9.18 Å². The lowest BCUT2D eigenvalue weighted by atomic mass is 10.0. The van der Waals surface area contributed by atoms with Gasteiger partial charge in [-0.15, -0.1) is 0 Å². The number of ether oxygens (including phenoxy) is 1. The molecule has 3 aromatic carbocycles. The smallest absolute Gasteiger partial charge is 0.193 e. The first-order valence-corrected chi connectivity index (χ1v) is 8.24. The van der Waals surface area contributed by atoms with Gasteiger partial charge < -0.3 is 4.74 Å². The van der Waals surface area contributed by atoms with Crippen LogP contribution >= 0.6 is 11.6 Å². The summed E-state index contributed by atoms with van der Waals surface area (Å²) in [6.45, 7) is 1.92. The van der Waals surface area contributed by atoms with Crippen molar-refractivity contribution in [3.05, 3.63) is 100 Å². The highest BCUT2D eigenvalue weighted by Crippen LogP contribution is 2.27. The molecule has 0 bridgehead atoms. The number of ketones is 1. The van der Waals surface area contributed by atoms with Crippen molar-refractivity contribution in [2.75, 3.05) is 0 Å². The van der Waals surface area contributed by atoms with Crippen molar-refractivity contribution in [3.63, 3.8) is 0 Å². The van der Waals surface area contributed by atoms with E-state index < -0.39 is 0 Å². The zero-order valence-corrected chi connectivity index (χ0v) is 14.3. The van der Waals surface area contributed by atoms with E-state index in [4.69, 9.17) is 16.3 Å². The van der Waals surface area contributed by atoms with Crippen LogP contribution in [0, 0.1) is 5.82 Å². The molecule has 0 saturated heterocycles. The second-order valence-corrected chi connectivity index (χ2v) is 6.05. The summed E-state index contributed by atoms with van der Waals surface area (Å²) in [5, 5.41) is 0.651. The van der Waals surface area contributed by atoms with E-state index in [0.29, 0.717) is 21.9 Å². The molecule has 3 aromatic rings. The van der Waals surface area contributed by atoms with Crippen molar-refractivity contribution in [2.24, 2.45) is 0 Å². The molecule has 0 N–H and O–H groups in total. The Morgan fingerprint density at radius 2 is 1.48 bits per heavy atom. The fraction of sp³-hybridized carbons (Fsp3) is 0.0952. The molecule has 0 fully saturated rings. The van der Waals surface area contributed by atoms with Gasteiger partial charge in [-0.25, -0.2) is 4.39 Å². The molecule has 25 heavy (non-hydrogen) atoms. The maximum atomic E-state index is 13.0. The summed E-state index contributed by atoms with van der Waals surface area (Å²) in [6.07, 6.45) is -0.215. The molecular formula is C21H16ClFO2. The molecule has 126 valence electrons. The summed E-state index contributed by atoms with van der Waals surface area (Å²) in [5.74, 6) is 0.114. The van der Waals surface area contributed by atoms with Crippen molar-refractivity contribution in [1.29, 1.82) is 0 Å². The Kier molecular flexibility index (Phi) is 5.15. The molecule has 0 aliphatic carbocycles. The van der Waals surface area contributed by atoms with E-state index in [2.05, 4.69) is 0 Å². The minimum absolute atomic E-state index is 0.161. The van der Waals surface area contributed by atoms with Crippen LogP contribution in [0.3, 0.4) is 0 Å². The normalized spacial score (nSPS) is 11.8. The van der Waals surface area contributed by atoms with Gasteiger partial charge in [0.25, 0.3) is 0 Å². The maximum Gasteiger partial charge on any atom is 0.193 e. The summed E-state index contributed by atoms with van der Waals surface area (Å²) in [5.41, 5.74) is 1.86. The SMILES string of the molecule is C[C@H](Oc1ccc(C(=O)c2ccc(F)cc2)cc1)c1ccccc1Cl. The molecule has 0 aromatic heterocycles. The Labute approximate surface area is 150 Å². The average molecular weight is 355 g/mol. The molecule has 3 rings (SSSR count). The quantitative estimate of drug-likeness (QED) is 0.537. The van der Waals surface area contributed by atoms with Crippen molar-refractivity contribution in [2.45, 2.75) is 13.0 Å². The standard InChI is InChI=1S/C21H16ClFO2/c1-14(19-4-2-3-5-20(19)22)25-18-12-8-16(9-13-18)21(24)15-6-10-17(23)11-7-15/h2-14H,1H3/t14-/m0/s1. The third-order valence-corrected chi connectivity index (χ3v) is 4.22. The Balaban J connectivity index is 1.73. The van der Waals surface area contributed by atoms with Crippen LogP contribution in [-0.4, -0.2) is 5.78 Å². The molecule has 0 aliphatic rings. The topological polar surface area (TPSA) is 26.3 Å². The van der Waals surface area contributed by atoms with E-state index in [-0.39, 0.29) is 17.7 Å². The highest BCUT2D eigenvalue weighted by atomic mass is 35.5. The van der Waals surface area contributed by atoms with E-state index in [1.165, 1.54) is 24.3 Å². The zero-order valence-electron chi connectivity index (χ0n) is 13.6. The molecule has 0 heterocycles. The van der Waals surface area contributed by atoms with Gasteiger partial charge in [-0.3, -0.25) is 4.79 Å². The molecule has 0 spiro atoms. The van der Waals surface area contributed by atoms with Gasteiger partial charge in [0.2, 0.25) is 0 Å². The number of benzene rings is 3. The summed E-state index contributed by atoms with van der Waals surface area (Å²) in [4.78, 5) is 12.4. The maximum absolute atomic E-state index is 13.0. The van der Waals surface area contributed by atoms with Gasteiger partial charge in [-0.2, -0.15) is 0 Å². The Morgan fingerprint density at radius 3 is 2.08 bits per heavy atom. The molecule has 0 amide bonds. The molecular weight excluding hydrogens is 339 g/mol. The lowest BCUT2D eigenvalue weighted by molar-refractivity contribution is 0.103. The third kappa shape index (κ3) is 4.06. The lowest BCUT2D eigenvalue weighted by Gasteiger charge is -2.16. The minimum atomic E-state index is -0.367. The second kappa shape index (κ2) is 7.49. The highest BCUT2D eigenvalue weighted by Gasteiger charge is 2.12. The van der Waals surface area contributed by atoms with Gasteiger partial charge >= 0.3 is 0 Å². The van der Waals surface area contributed by atoms with Crippen LogP contribution in [0.25, 0.3) is 0 Å². The summed E-state index contributed by atoms with van der Waals surface area (Å²) in [7, 11) is 0. The molecule has 4 heteroatoms. The molecule has 0 aliphatic heterocycles. The van der Waals surface area contributed by atoms with Gasteiger partial charge in [0, 0.05) is 21.7 Å². The molecule has 1 atom stereocenters. The highest BCUT2D eigenvalue weighted by molar-refractivity contribution is 6.31. The first kappa shape index (κ1) is 17.2. The number of rotatable bonds is 5. The van der Waals surface area contributed by atoms with E-state index in [1.54, 1.807) is 24.3 Å². The van der Waals surface area contributed by atoms with Gasteiger partial charge in [0.05, 0.1) is 0 Å². The Morgan fingerprint density at radius 1 is 0.920 bits per heavy atom. The number of carbonyl (C=O) groups excluding carboxylic acids is 1. The van der Waals surface area contributed by atoms with Crippen LogP contribution in [-0.2, 0) is 0 Å². The third-order valence-electron chi connectivity index (χ3n) is 3.88. The predicted octanol–water partition coefficient (Wildman–Crippen LogP) is 5.85. The van der Waals surface area contributed by atoms with Crippen molar-refractivity contribution >= 4 is 17.4 Å². The Hall–Kier alpha value is -2.65.